The van der Waals surface area contributed by atoms with Gasteiger partial charge >= 0.3 is 5.97 Å². The van der Waals surface area contributed by atoms with Gasteiger partial charge < -0.3 is 25.0 Å². The molecule has 3 rings (SSSR count). The van der Waals surface area contributed by atoms with Crippen molar-refractivity contribution >= 4 is 35.1 Å². The molecule has 1 aliphatic rings. The maximum absolute atomic E-state index is 12.9. The number of rotatable bonds is 10. The van der Waals surface area contributed by atoms with Gasteiger partial charge in [-0.25, -0.2) is 0 Å². The van der Waals surface area contributed by atoms with Crippen molar-refractivity contribution in [3.8, 4) is 5.75 Å². The Hall–Kier alpha value is -3.46. The van der Waals surface area contributed by atoms with Crippen LogP contribution >= 0.6 is 12.2 Å². The Morgan fingerprint density at radius 1 is 1.08 bits per heavy atom. The van der Waals surface area contributed by atoms with Crippen LogP contribution in [0.3, 0.4) is 0 Å². The molecule has 0 saturated carbocycles. The molecule has 2 atom stereocenters. The molecule has 198 valence electrons. The number of esters is 1. The lowest BCUT2D eigenvalue weighted by Crippen LogP contribution is -2.60. The first-order chi connectivity index (χ1) is 17.7. The largest absolute Gasteiger partial charge is 0.490 e. The molecule has 2 aromatic carbocycles. The second kappa shape index (κ2) is 13.7. The Morgan fingerprint density at radius 3 is 2.46 bits per heavy atom. The van der Waals surface area contributed by atoms with Crippen LogP contribution < -0.4 is 15.4 Å². The summed E-state index contributed by atoms with van der Waals surface area (Å²) in [4.78, 5) is 39.5. The summed E-state index contributed by atoms with van der Waals surface area (Å²) in [6, 6.07) is 16.3. The Morgan fingerprint density at radius 2 is 1.78 bits per heavy atom. The highest BCUT2D eigenvalue weighted by atomic mass is 32.1. The van der Waals surface area contributed by atoms with E-state index in [4.69, 9.17) is 21.7 Å². The fourth-order valence-electron chi connectivity index (χ4n) is 4.06. The number of para-hydroxylation sites is 1. The molecule has 0 aromatic heterocycles. The van der Waals surface area contributed by atoms with Gasteiger partial charge in [-0.15, -0.1) is 0 Å². The lowest BCUT2D eigenvalue weighted by atomic mass is 9.96. The minimum Gasteiger partial charge on any atom is -0.490 e. The van der Waals surface area contributed by atoms with Crippen LogP contribution in [-0.4, -0.2) is 60.1 Å². The number of benzene rings is 2. The molecule has 2 aromatic rings. The van der Waals surface area contributed by atoms with Crippen molar-refractivity contribution in [3.63, 3.8) is 0 Å². The summed E-state index contributed by atoms with van der Waals surface area (Å²) in [6.07, 6.45) is 0.784. The number of carbonyl (C=O) groups is 3. The van der Waals surface area contributed by atoms with Crippen molar-refractivity contribution in [1.29, 1.82) is 0 Å². The Balaban J connectivity index is 1.52. The van der Waals surface area contributed by atoms with Crippen molar-refractivity contribution in [3.05, 3.63) is 65.7 Å². The molecule has 2 unspecified atom stereocenters. The smallest absolute Gasteiger partial charge is 0.308 e. The number of thiocarbonyl (C=S) groups is 1. The van der Waals surface area contributed by atoms with Crippen molar-refractivity contribution in [2.45, 2.75) is 45.6 Å². The first-order valence-corrected chi connectivity index (χ1v) is 13.0. The monoisotopic (exact) mass is 525 g/mol. The molecule has 8 nitrogen and oxygen atoms in total. The van der Waals surface area contributed by atoms with Crippen molar-refractivity contribution in [2.75, 3.05) is 26.3 Å². The summed E-state index contributed by atoms with van der Waals surface area (Å²) in [5.41, 5.74) is 2.10. The molecule has 1 heterocycles. The van der Waals surface area contributed by atoms with Crippen LogP contribution in [0.5, 0.6) is 5.75 Å². The fraction of sp³-hybridized carbons (Fsp3) is 0.429. The quantitative estimate of drug-likeness (QED) is 0.279. The van der Waals surface area contributed by atoms with E-state index in [9.17, 15) is 14.4 Å². The van der Waals surface area contributed by atoms with Gasteiger partial charge in [-0.05, 0) is 54.7 Å². The van der Waals surface area contributed by atoms with E-state index in [1.165, 1.54) is 5.56 Å². The van der Waals surface area contributed by atoms with Crippen molar-refractivity contribution in [2.24, 2.45) is 5.92 Å². The average molecular weight is 526 g/mol. The van der Waals surface area contributed by atoms with E-state index in [0.29, 0.717) is 24.8 Å². The van der Waals surface area contributed by atoms with Gasteiger partial charge in [0.05, 0.1) is 12.3 Å². The van der Waals surface area contributed by atoms with Crippen LogP contribution in [0.4, 0.5) is 0 Å². The highest BCUT2D eigenvalue weighted by Gasteiger charge is 2.34. The maximum Gasteiger partial charge on any atom is 0.308 e. The molecule has 0 bridgehead atoms. The van der Waals surface area contributed by atoms with Crippen LogP contribution in [0.25, 0.3) is 0 Å². The van der Waals surface area contributed by atoms with Crippen LogP contribution in [0, 0.1) is 5.92 Å². The third kappa shape index (κ3) is 8.56. The van der Waals surface area contributed by atoms with E-state index < -0.39 is 17.9 Å². The predicted octanol–water partition coefficient (Wildman–Crippen LogP) is 3.20. The number of nitrogens with zero attached hydrogens (tertiary/aromatic N) is 1. The standard InChI is InChI=1S/C28H35N3O5S/c1-19(2)17-21-9-11-22(12-10-21)20(3)26(33)30-28(37)31-14-13-29-27(34)24(31)18-25(32)36-16-15-35-23-7-5-4-6-8-23/h4-12,19-20,24H,13-18H2,1-3H3,(H,29,34)(H,30,33,37). The molecule has 0 radical (unpaired) electrons. The number of hydrogen-bond acceptors (Lipinski definition) is 6. The first-order valence-electron chi connectivity index (χ1n) is 12.6. The Labute approximate surface area is 223 Å². The van der Waals surface area contributed by atoms with E-state index in [-0.39, 0.29) is 36.6 Å². The second-order valence-electron chi connectivity index (χ2n) is 9.44. The molecule has 9 heteroatoms. The third-order valence-electron chi connectivity index (χ3n) is 6.06. The molecule has 1 fully saturated rings. The molecule has 0 aliphatic carbocycles. The molecule has 0 spiro atoms. The van der Waals surface area contributed by atoms with Crippen LogP contribution in [0.1, 0.15) is 44.2 Å². The topological polar surface area (TPSA) is 97.0 Å². The minimum absolute atomic E-state index is 0.0523. The molecule has 1 saturated heterocycles. The van der Waals surface area contributed by atoms with Gasteiger partial charge in [0.2, 0.25) is 11.8 Å². The molecule has 1 aliphatic heterocycles. The highest BCUT2D eigenvalue weighted by Crippen LogP contribution is 2.19. The highest BCUT2D eigenvalue weighted by molar-refractivity contribution is 7.80. The summed E-state index contributed by atoms with van der Waals surface area (Å²) >= 11 is 5.47. The zero-order valence-corrected chi connectivity index (χ0v) is 22.4. The third-order valence-corrected chi connectivity index (χ3v) is 6.39. The average Bonchev–Trinajstić information content (AvgIpc) is 2.88. The minimum atomic E-state index is -0.866. The fourth-order valence-corrected chi connectivity index (χ4v) is 4.38. The van der Waals surface area contributed by atoms with E-state index in [1.54, 1.807) is 4.90 Å². The number of ether oxygens (including phenoxy) is 2. The molecular weight excluding hydrogens is 490 g/mol. The second-order valence-corrected chi connectivity index (χ2v) is 9.83. The van der Waals surface area contributed by atoms with E-state index in [1.807, 2.05) is 61.5 Å². The van der Waals surface area contributed by atoms with Gasteiger partial charge in [0.15, 0.2) is 5.11 Å². The Bertz CT molecular complexity index is 1070. The lowest BCUT2D eigenvalue weighted by Gasteiger charge is -2.36. The summed E-state index contributed by atoms with van der Waals surface area (Å²) in [7, 11) is 0. The summed E-state index contributed by atoms with van der Waals surface area (Å²) in [5, 5.41) is 5.62. The molecule has 2 N–H and O–H groups in total. The number of amides is 2. The Kier molecular flexibility index (Phi) is 10.4. The van der Waals surface area contributed by atoms with Crippen LogP contribution in [0.2, 0.25) is 0 Å². The number of piperazine rings is 1. The summed E-state index contributed by atoms with van der Waals surface area (Å²) in [6.45, 7) is 7.12. The van der Waals surface area contributed by atoms with Gasteiger partial charge in [0.1, 0.15) is 25.0 Å². The van der Waals surface area contributed by atoms with Crippen molar-refractivity contribution in [1.82, 2.24) is 15.5 Å². The zero-order chi connectivity index (χ0) is 26.8. The SMILES string of the molecule is CC(C)Cc1ccc(C(C)C(=O)NC(=S)N2CCNC(=O)C2CC(=O)OCCOc2ccccc2)cc1. The van der Waals surface area contributed by atoms with Crippen molar-refractivity contribution < 1.29 is 23.9 Å². The van der Waals surface area contributed by atoms with E-state index in [2.05, 4.69) is 24.5 Å². The number of nitrogens with one attached hydrogen (secondary N) is 2. The lowest BCUT2D eigenvalue weighted by molar-refractivity contribution is -0.148. The summed E-state index contributed by atoms with van der Waals surface area (Å²) in [5.74, 6) is -0.358. The maximum atomic E-state index is 12.9. The zero-order valence-electron chi connectivity index (χ0n) is 21.6. The van der Waals surface area contributed by atoms with Gasteiger partial charge in [0.25, 0.3) is 0 Å². The van der Waals surface area contributed by atoms with Gasteiger partial charge in [0, 0.05) is 13.1 Å². The van der Waals surface area contributed by atoms with Gasteiger partial charge in [-0.3, -0.25) is 14.4 Å². The molecular formula is C28H35N3O5S. The molecule has 37 heavy (non-hydrogen) atoms. The number of carbonyl (C=O) groups excluding carboxylic acids is 3. The van der Waals surface area contributed by atoms with Gasteiger partial charge in [-0.1, -0.05) is 56.3 Å². The van der Waals surface area contributed by atoms with Crippen LogP contribution in [-0.2, 0) is 25.5 Å². The predicted molar refractivity (Wildman–Crippen MR) is 145 cm³/mol. The number of hydrogen-bond donors (Lipinski definition) is 2. The summed E-state index contributed by atoms with van der Waals surface area (Å²) < 4.78 is 10.8. The van der Waals surface area contributed by atoms with E-state index >= 15 is 0 Å². The van der Waals surface area contributed by atoms with Crippen LogP contribution in [0.15, 0.2) is 54.6 Å². The molecule has 2 amide bonds. The normalized spacial score (nSPS) is 16.1. The van der Waals surface area contributed by atoms with Gasteiger partial charge in [-0.2, -0.15) is 0 Å². The first kappa shape index (κ1) is 28.1. The van der Waals surface area contributed by atoms with E-state index in [0.717, 1.165) is 12.0 Å².